The van der Waals surface area contributed by atoms with E-state index in [-0.39, 0.29) is 5.97 Å². The van der Waals surface area contributed by atoms with E-state index in [9.17, 15) is 4.79 Å². The van der Waals surface area contributed by atoms with Crippen molar-refractivity contribution in [3.8, 4) is 0 Å². The quantitative estimate of drug-likeness (QED) is 0.392. The van der Waals surface area contributed by atoms with Crippen molar-refractivity contribution in [3.63, 3.8) is 0 Å². The van der Waals surface area contributed by atoms with Crippen LogP contribution in [-0.4, -0.2) is 12.6 Å². The lowest BCUT2D eigenvalue weighted by Gasteiger charge is -2.08. The smallest absolute Gasteiger partial charge is 0.338 e. The summed E-state index contributed by atoms with van der Waals surface area (Å²) in [5, 5.41) is 0. The molecule has 2 nitrogen and oxygen atoms in total. The Kier molecular flexibility index (Phi) is 6.94. The van der Waals surface area contributed by atoms with Crippen LogP contribution in [0.3, 0.4) is 0 Å². The Morgan fingerprint density at radius 1 is 1.16 bits per heavy atom. The van der Waals surface area contributed by atoms with Crippen LogP contribution in [0.15, 0.2) is 36.9 Å². The molecule has 0 bridgehead atoms. The maximum Gasteiger partial charge on any atom is 0.338 e. The van der Waals surface area contributed by atoms with E-state index in [4.69, 9.17) is 4.74 Å². The van der Waals surface area contributed by atoms with Gasteiger partial charge in [0.25, 0.3) is 0 Å². The molecule has 0 N–H and O–H groups in total. The summed E-state index contributed by atoms with van der Waals surface area (Å²) in [6.07, 6.45) is 4.49. The first kappa shape index (κ1) is 15.5. The highest BCUT2D eigenvalue weighted by atomic mass is 16.5. The average molecular weight is 260 g/mol. The Labute approximate surface area is 116 Å². The Morgan fingerprint density at radius 2 is 1.84 bits per heavy atom. The average Bonchev–Trinajstić information content (AvgIpc) is 2.42. The van der Waals surface area contributed by atoms with Crippen LogP contribution in [0.1, 0.15) is 45.1 Å². The van der Waals surface area contributed by atoms with Crippen LogP contribution in [0, 0.1) is 5.92 Å². The van der Waals surface area contributed by atoms with Crippen LogP contribution >= 0.6 is 0 Å². The first-order chi connectivity index (χ1) is 9.11. The molecule has 0 radical (unpaired) electrons. The van der Waals surface area contributed by atoms with Gasteiger partial charge in [-0.2, -0.15) is 0 Å². The molecular weight excluding hydrogens is 236 g/mol. The number of carbonyl (C=O) groups is 1. The number of rotatable bonds is 8. The number of hydrogen-bond donors (Lipinski definition) is 0. The van der Waals surface area contributed by atoms with Gasteiger partial charge in [-0.3, -0.25) is 0 Å². The van der Waals surface area contributed by atoms with Crippen LogP contribution in [-0.2, 0) is 9.53 Å². The number of esters is 1. The van der Waals surface area contributed by atoms with Gasteiger partial charge in [0.1, 0.15) is 0 Å². The van der Waals surface area contributed by atoms with E-state index in [1.807, 2.05) is 30.3 Å². The molecule has 104 valence electrons. The predicted octanol–water partition coefficient (Wildman–Crippen LogP) is 4.46. The van der Waals surface area contributed by atoms with Gasteiger partial charge in [0.2, 0.25) is 0 Å². The topological polar surface area (TPSA) is 26.3 Å². The summed E-state index contributed by atoms with van der Waals surface area (Å²) in [6, 6.07) is 9.43. The monoisotopic (exact) mass is 260 g/mol. The second kappa shape index (κ2) is 8.52. The Bertz CT molecular complexity index is 393. The molecule has 0 aromatic heterocycles. The van der Waals surface area contributed by atoms with E-state index in [0.29, 0.717) is 12.2 Å². The summed E-state index contributed by atoms with van der Waals surface area (Å²) < 4.78 is 5.23. The third-order valence-corrected chi connectivity index (χ3v) is 3.03. The zero-order valence-corrected chi connectivity index (χ0v) is 12.0. The molecule has 0 heterocycles. The molecule has 0 aliphatic heterocycles. The fourth-order valence-corrected chi connectivity index (χ4v) is 1.84. The van der Waals surface area contributed by atoms with Gasteiger partial charge in [-0.15, -0.1) is 0 Å². The second-order valence-corrected chi connectivity index (χ2v) is 5.22. The van der Waals surface area contributed by atoms with Crippen molar-refractivity contribution in [2.24, 2.45) is 5.92 Å². The minimum Gasteiger partial charge on any atom is -0.462 e. The number of benzene rings is 1. The Morgan fingerprint density at radius 3 is 2.47 bits per heavy atom. The van der Waals surface area contributed by atoms with Crippen LogP contribution in [0.5, 0.6) is 0 Å². The van der Waals surface area contributed by atoms with Gasteiger partial charge >= 0.3 is 5.97 Å². The lowest BCUT2D eigenvalue weighted by molar-refractivity contribution is -0.136. The lowest BCUT2D eigenvalue weighted by atomic mass is 10.1. The molecule has 0 aliphatic carbocycles. The van der Waals surface area contributed by atoms with Crippen LogP contribution in [0.25, 0.3) is 5.57 Å². The van der Waals surface area contributed by atoms with E-state index in [1.54, 1.807) is 0 Å². The molecule has 0 aliphatic rings. The van der Waals surface area contributed by atoms with Gasteiger partial charge < -0.3 is 4.74 Å². The van der Waals surface area contributed by atoms with E-state index >= 15 is 0 Å². The maximum atomic E-state index is 11.8. The molecule has 0 saturated carbocycles. The van der Waals surface area contributed by atoms with Gasteiger partial charge in [0, 0.05) is 0 Å². The summed E-state index contributed by atoms with van der Waals surface area (Å²) in [4.78, 5) is 11.8. The first-order valence-corrected chi connectivity index (χ1v) is 7.02. The molecule has 0 unspecified atom stereocenters. The number of ether oxygens (including phenoxy) is 1. The fourth-order valence-electron chi connectivity index (χ4n) is 1.84. The molecule has 0 saturated heterocycles. The van der Waals surface area contributed by atoms with Crippen molar-refractivity contribution in [1.82, 2.24) is 0 Å². The number of unbranched alkanes of at least 4 members (excludes halogenated alkanes) is 2. The molecule has 0 amide bonds. The van der Waals surface area contributed by atoms with E-state index in [2.05, 4.69) is 20.4 Å². The highest BCUT2D eigenvalue weighted by Crippen LogP contribution is 2.14. The zero-order valence-electron chi connectivity index (χ0n) is 12.0. The SMILES string of the molecule is C=C(C(=O)OCCCCCC(C)C)c1ccccc1. The first-order valence-electron chi connectivity index (χ1n) is 7.02. The van der Waals surface area contributed by atoms with Crippen LogP contribution < -0.4 is 0 Å². The molecule has 1 aromatic rings. The van der Waals surface area contributed by atoms with E-state index in [1.165, 1.54) is 12.8 Å². The van der Waals surface area contributed by atoms with Gasteiger partial charge in [-0.25, -0.2) is 4.79 Å². The maximum absolute atomic E-state index is 11.8. The van der Waals surface area contributed by atoms with Gasteiger partial charge in [-0.1, -0.05) is 70.0 Å². The molecule has 19 heavy (non-hydrogen) atoms. The molecule has 0 spiro atoms. The molecule has 1 aromatic carbocycles. The normalized spacial score (nSPS) is 10.5. The van der Waals surface area contributed by atoms with Crippen LogP contribution in [0.2, 0.25) is 0 Å². The summed E-state index contributed by atoms with van der Waals surface area (Å²) in [5.74, 6) is 0.440. The fraction of sp³-hybridized carbons (Fsp3) is 0.471. The lowest BCUT2D eigenvalue weighted by Crippen LogP contribution is -2.07. The molecule has 0 fully saturated rings. The second-order valence-electron chi connectivity index (χ2n) is 5.22. The predicted molar refractivity (Wildman–Crippen MR) is 79.7 cm³/mol. The number of carbonyl (C=O) groups excluding carboxylic acids is 1. The summed E-state index contributed by atoms with van der Waals surface area (Å²) in [6.45, 7) is 8.73. The van der Waals surface area contributed by atoms with Crippen molar-refractivity contribution in [1.29, 1.82) is 0 Å². The van der Waals surface area contributed by atoms with Crippen molar-refractivity contribution in [2.75, 3.05) is 6.61 Å². The zero-order chi connectivity index (χ0) is 14.1. The highest BCUT2D eigenvalue weighted by molar-refractivity contribution is 6.15. The standard InChI is InChI=1S/C17H24O2/c1-14(2)10-6-5-9-13-19-17(18)15(3)16-11-7-4-8-12-16/h4,7-8,11-12,14H,3,5-6,9-10,13H2,1-2H3. The minimum absolute atomic E-state index is 0.310. The third-order valence-electron chi connectivity index (χ3n) is 3.03. The van der Waals surface area contributed by atoms with Gasteiger partial charge in [0.15, 0.2) is 0 Å². The summed E-state index contributed by atoms with van der Waals surface area (Å²) >= 11 is 0. The molecule has 0 atom stereocenters. The largest absolute Gasteiger partial charge is 0.462 e. The Balaban J connectivity index is 2.19. The highest BCUT2D eigenvalue weighted by Gasteiger charge is 2.09. The van der Waals surface area contributed by atoms with Crippen molar-refractivity contribution in [2.45, 2.75) is 39.5 Å². The third kappa shape index (κ3) is 6.23. The van der Waals surface area contributed by atoms with E-state index < -0.39 is 0 Å². The van der Waals surface area contributed by atoms with Gasteiger partial charge in [-0.05, 0) is 17.9 Å². The number of hydrogen-bond acceptors (Lipinski definition) is 2. The van der Waals surface area contributed by atoms with E-state index in [0.717, 1.165) is 24.3 Å². The van der Waals surface area contributed by atoms with Crippen molar-refractivity contribution >= 4 is 11.5 Å². The van der Waals surface area contributed by atoms with Crippen molar-refractivity contribution in [3.05, 3.63) is 42.5 Å². The van der Waals surface area contributed by atoms with Crippen LogP contribution in [0.4, 0.5) is 0 Å². The Hall–Kier alpha value is -1.57. The van der Waals surface area contributed by atoms with Gasteiger partial charge in [0.05, 0.1) is 12.2 Å². The molecular formula is C17H24O2. The minimum atomic E-state index is -0.310. The molecule has 2 heteroatoms. The van der Waals surface area contributed by atoms with Crippen molar-refractivity contribution < 1.29 is 9.53 Å². The molecule has 1 rings (SSSR count). The summed E-state index contributed by atoms with van der Waals surface area (Å²) in [7, 11) is 0. The summed E-state index contributed by atoms with van der Waals surface area (Å²) in [5.41, 5.74) is 1.26.